The minimum Gasteiger partial charge on any atom is -0.433 e. The third-order valence-electron chi connectivity index (χ3n) is 3.32. The second-order valence-corrected chi connectivity index (χ2v) is 5.13. The first-order valence-electron chi connectivity index (χ1n) is 7.66. The molecule has 0 bridgehead atoms. The van der Waals surface area contributed by atoms with E-state index in [1.54, 1.807) is 13.0 Å². The van der Waals surface area contributed by atoms with Crippen molar-refractivity contribution < 1.29 is 14.3 Å². The van der Waals surface area contributed by atoms with Gasteiger partial charge >= 0.3 is 5.97 Å². The van der Waals surface area contributed by atoms with Crippen molar-refractivity contribution >= 4 is 12.0 Å². The number of hydrogen-bond donors (Lipinski definition) is 0. The van der Waals surface area contributed by atoms with E-state index in [1.165, 1.54) is 44.4 Å². The SMILES string of the molecule is CCCCCCc1ccc(C=CC(=O)OC(C)OC)cc1. The van der Waals surface area contributed by atoms with Crippen LogP contribution in [0.5, 0.6) is 0 Å². The average Bonchev–Trinajstić information content (AvgIpc) is 2.50. The zero-order valence-electron chi connectivity index (χ0n) is 13.3. The minimum absolute atomic E-state index is 0.395. The number of methoxy groups -OCH3 is 1. The number of unbranched alkanes of at least 4 members (excludes halogenated alkanes) is 3. The van der Waals surface area contributed by atoms with Crippen molar-refractivity contribution in [2.45, 2.75) is 52.2 Å². The first-order chi connectivity index (χ1) is 10.2. The molecule has 0 radical (unpaired) electrons. The Hall–Kier alpha value is -1.61. The number of ether oxygens (including phenoxy) is 2. The van der Waals surface area contributed by atoms with Gasteiger partial charge in [0.25, 0.3) is 0 Å². The minimum atomic E-state index is -0.521. The van der Waals surface area contributed by atoms with E-state index in [1.807, 2.05) is 12.1 Å². The van der Waals surface area contributed by atoms with E-state index in [-0.39, 0.29) is 0 Å². The van der Waals surface area contributed by atoms with E-state index in [9.17, 15) is 4.79 Å². The molecular formula is C18H26O3. The van der Waals surface area contributed by atoms with Crippen molar-refractivity contribution in [3.8, 4) is 0 Å². The van der Waals surface area contributed by atoms with E-state index < -0.39 is 12.3 Å². The Labute approximate surface area is 128 Å². The lowest BCUT2D eigenvalue weighted by Gasteiger charge is -2.08. The molecule has 0 aromatic heterocycles. The van der Waals surface area contributed by atoms with Gasteiger partial charge in [-0.25, -0.2) is 4.79 Å². The lowest BCUT2D eigenvalue weighted by atomic mass is 10.0. The van der Waals surface area contributed by atoms with Gasteiger partial charge in [0.15, 0.2) is 6.29 Å². The van der Waals surface area contributed by atoms with Crippen LogP contribution in [0.2, 0.25) is 0 Å². The van der Waals surface area contributed by atoms with Crippen molar-refractivity contribution in [2.75, 3.05) is 7.11 Å². The standard InChI is InChI=1S/C18H26O3/c1-4-5-6-7-8-16-9-11-17(12-10-16)13-14-18(19)21-15(2)20-3/h9-15H,4-8H2,1-3H3. The summed E-state index contributed by atoms with van der Waals surface area (Å²) in [5.74, 6) is -0.395. The molecule has 116 valence electrons. The zero-order chi connectivity index (χ0) is 15.5. The smallest absolute Gasteiger partial charge is 0.333 e. The molecule has 1 aromatic carbocycles. The highest BCUT2D eigenvalue weighted by atomic mass is 16.7. The quantitative estimate of drug-likeness (QED) is 0.293. The molecule has 1 unspecified atom stereocenters. The van der Waals surface area contributed by atoms with E-state index in [2.05, 4.69) is 19.1 Å². The number of rotatable bonds is 9. The van der Waals surface area contributed by atoms with Crippen LogP contribution in [0.1, 0.15) is 50.7 Å². The van der Waals surface area contributed by atoms with E-state index in [4.69, 9.17) is 9.47 Å². The van der Waals surface area contributed by atoms with Crippen molar-refractivity contribution in [2.24, 2.45) is 0 Å². The summed E-state index contributed by atoms with van der Waals surface area (Å²) in [6.07, 6.45) is 8.89. The summed E-state index contributed by atoms with van der Waals surface area (Å²) in [7, 11) is 1.50. The van der Waals surface area contributed by atoms with E-state index in [0.29, 0.717) is 0 Å². The first-order valence-corrected chi connectivity index (χ1v) is 7.66. The van der Waals surface area contributed by atoms with Crippen LogP contribution in [0.25, 0.3) is 6.08 Å². The fourth-order valence-electron chi connectivity index (χ4n) is 1.97. The van der Waals surface area contributed by atoms with Gasteiger partial charge in [0.2, 0.25) is 0 Å². The molecular weight excluding hydrogens is 264 g/mol. The van der Waals surface area contributed by atoms with Crippen LogP contribution in [0.3, 0.4) is 0 Å². The highest BCUT2D eigenvalue weighted by Crippen LogP contribution is 2.11. The maximum absolute atomic E-state index is 11.5. The predicted molar refractivity (Wildman–Crippen MR) is 85.9 cm³/mol. The Bertz CT molecular complexity index is 434. The Kier molecular flexibility index (Phi) is 8.44. The second-order valence-electron chi connectivity index (χ2n) is 5.13. The van der Waals surface area contributed by atoms with E-state index in [0.717, 1.165) is 12.0 Å². The Morgan fingerprint density at radius 3 is 2.52 bits per heavy atom. The van der Waals surface area contributed by atoms with Gasteiger partial charge in [-0.05, 0) is 37.0 Å². The fourth-order valence-corrected chi connectivity index (χ4v) is 1.97. The molecule has 0 aliphatic heterocycles. The normalized spacial score (nSPS) is 12.5. The summed E-state index contributed by atoms with van der Waals surface area (Å²) in [6.45, 7) is 3.90. The molecule has 0 heterocycles. The van der Waals surface area contributed by atoms with Crippen LogP contribution in [-0.2, 0) is 20.7 Å². The van der Waals surface area contributed by atoms with Crippen molar-refractivity contribution in [1.29, 1.82) is 0 Å². The molecule has 1 atom stereocenters. The number of esters is 1. The number of benzene rings is 1. The number of aryl methyl sites for hydroxylation is 1. The van der Waals surface area contributed by atoms with Crippen molar-refractivity contribution in [3.05, 3.63) is 41.5 Å². The van der Waals surface area contributed by atoms with Crippen LogP contribution in [-0.4, -0.2) is 19.4 Å². The second kappa shape index (κ2) is 10.2. The summed E-state index contributed by atoms with van der Waals surface area (Å²) >= 11 is 0. The third kappa shape index (κ3) is 7.66. The Morgan fingerprint density at radius 2 is 1.90 bits per heavy atom. The van der Waals surface area contributed by atoms with Gasteiger partial charge in [0.05, 0.1) is 0 Å². The molecule has 3 heteroatoms. The van der Waals surface area contributed by atoms with Crippen LogP contribution in [0, 0.1) is 0 Å². The maximum Gasteiger partial charge on any atom is 0.333 e. The molecule has 0 amide bonds. The molecule has 0 saturated carbocycles. The lowest BCUT2D eigenvalue weighted by molar-refractivity contribution is -0.163. The largest absolute Gasteiger partial charge is 0.433 e. The fraction of sp³-hybridized carbons (Fsp3) is 0.500. The van der Waals surface area contributed by atoms with Crippen molar-refractivity contribution in [3.63, 3.8) is 0 Å². The molecule has 1 aromatic rings. The Morgan fingerprint density at radius 1 is 1.19 bits per heavy atom. The summed E-state index contributed by atoms with van der Waals surface area (Å²) < 4.78 is 9.84. The number of hydrogen-bond acceptors (Lipinski definition) is 3. The molecule has 1 rings (SSSR count). The van der Waals surface area contributed by atoms with Gasteiger partial charge in [-0.1, -0.05) is 50.5 Å². The van der Waals surface area contributed by atoms with Crippen molar-refractivity contribution in [1.82, 2.24) is 0 Å². The van der Waals surface area contributed by atoms with Crippen LogP contribution in [0.4, 0.5) is 0 Å². The molecule has 0 spiro atoms. The van der Waals surface area contributed by atoms with Gasteiger partial charge < -0.3 is 9.47 Å². The molecule has 0 aliphatic rings. The monoisotopic (exact) mass is 290 g/mol. The topological polar surface area (TPSA) is 35.5 Å². The summed E-state index contributed by atoms with van der Waals surface area (Å²) in [6, 6.07) is 8.29. The summed E-state index contributed by atoms with van der Waals surface area (Å²) in [4.78, 5) is 11.5. The summed E-state index contributed by atoms with van der Waals surface area (Å²) in [5, 5.41) is 0. The molecule has 0 N–H and O–H groups in total. The van der Waals surface area contributed by atoms with Gasteiger partial charge in [-0.3, -0.25) is 0 Å². The lowest BCUT2D eigenvalue weighted by Crippen LogP contribution is -2.14. The molecule has 0 fully saturated rings. The van der Waals surface area contributed by atoms with Gasteiger partial charge in [0.1, 0.15) is 0 Å². The maximum atomic E-state index is 11.5. The van der Waals surface area contributed by atoms with Gasteiger partial charge in [-0.15, -0.1) is 0 Å². The number of carbonyl (C=O) groups excluding carboxylic acids is 1. The van der Waals surface area contributed by atoms with Crippen LogP contribution in [0.15, 0.2) is 30.3 Å². The van der Waals surface area contributed by atoms with Crippen LogP contribution < -0.4 is 0 Å². The molecule has 3 nitrogen and oxygen atoms in total. The number of carbonyl (C=O) groups is 1. The molecule has 0 aliphatic carbocycles. The third-order valence-corrected chi connectivity index (χ3v) is 3.32. The highest BCUT2D eigenvalue weighted by molar-refractivity contribution is 5.87. The molecule has 21 heavy (non-hydrogen) atoms. The van der Waals surface area contributed by atoms with E-state index >= 15 is 0 Å². The molecule has 0 saturated heterocycles. The first kappa shape index (κ1) is 17.4. The van der Waals surface area contributed by atoms with Crippen LogP contribution >= 0.6 is 0 Å². The zero-order valence-corrected chi connectivity index (χ0v) is 13.3. The highest BCUT2D eigenvalue weighted by Gasteiger charge is 2.03. The summed E-state index contributed by atoms with van der Waals surface area (Å²) in [5.41, 5.74) is 2.34. The Balaban J connectivity index is 2.41. The van der Waals surface area contributed by atoms with Gasteiger partial charge in [-0.2, -0.15) is 0 Å². The average molecular weight is 290 g/mol. The predicted octanol–water partition coefficient (Wildman–Crippen LogP) is 4.36. The van der Waals surface area contributed by atoms with Gasteiger partial charge in [0, 0.05) is 13.2 Å².